The molecule has 1 atom stereocenters. The minimum absolute atomic E-state index is 0.0987. The standard InChI is InChI=1S/C11H15N3O4/c1-12-6-8(14(17)18)5-10(12)11(16)13-4-2-3-9(15)7-13/h5-6,9,15H,2-4,7H2,1H3/t9-/m0/s1. The number of aliphatic hydroxyl groups excluding tert-OH is 1. The first kappa shape index (κ1) is 12.6. The minimum Gasteiger partial charge on any atom is -0.391 e. The number of carbonyl (C=O) groups is 1. The first-order valence-corrected chi connectivity index (χ1v) is 5.77. The van der Waals surface area contributed by atoms with Gasteiger partial charge in [-0.15, -0.1) is 0 Å². The largest absolute Gasteiger partial charge is 0.391 e. The van der Waals surface area contributed by atoms with Gasteiger partial charge in [-0.3, -0.25) is 14.9 Å². The van der Waals surface area contributed by atoms with E-state index in [4.69, 9.17) is 0 Å². The highest BCUT2D eigenvalue weighted by Gasteiger charge is 2.26. The van der Waals surface area contributed by atoms with E-state index >= 15 is 0 Å². The number of amides is 1. The summed E-state index contributed by atoms with van der Waals surface area (Å²) in [6.07, 6.45) is 2.25. The summed E-state index contributed by atoms with van der Waals surface area (Å²) in [4.78, 5) is 23.8. The average Bonchev–Trinajstić information content (AvgIpc) is 2.70. The number of aromatic nitrogens is 1. The third kappa shape index (κ3) is 2.35. The maximum absolute atomic E-state index is 12.2. The molecular formula is C11H15N3O4. The zero-order valence-electron chi connectivity index (χ0n) is 10.1. The molecule has 1 amide bonds. The molecule has 1 aromatic rings. The molecule has 1 saturated heterocycles. The van der Waals surface area contributed by atoms with Crippen LogP contribution >= 0.6 is 0 Å². The highest BCUT2D eigenvalue weighted by molar-refractivity contribution is 5.93. The topological polar surface area (TPSA) is 88.6 Å². The molecule has 2 rings (SSSR count). The third-order valence-electron chi connectivity index (χ3n) is 3.10. The van der Waals surface area contributed by atoms with Gasteiger partial charge in [0.05, 0.1) is 17.2 Å². The van der Waals surface area contributed by atoms with E-state index in [-0.39, 0.29) is 23.8 Å². The van der Waals surface area contributed by atoms with Crippen molar-refractivity contribution in [2.45, 2.75) is 18.9 Å². The van der Waals surface area contributed by atoms with Crippen LogP contribution in [0.5, 0.6) is 0 Å². The van der Waals surface area contributed by atoms with E-state index < -0.39 is 11.0 Å². The number of aryl methyl sites for hydroxylation is 1. The van der Waals surface area contributed by atoms with Crippen LogP contribution < -0.4 is 0 Å². The first-order chi connectivity index (χ1) is 8.49. The molecule has 2 heterocycles. The molecule has 98 valence electrons. The summed E-state index contributed by atoms with van der Waals surface area (Å²) < 4.78 is 1.45. The van der Waals surface area contributed by atoms with E-state index in [1.807, 2.05) is 0 Å². The Hall–Kier alpha value is -1.89. The van der Waals surface area contributed by atoms with E-state index in [1.54, 1.807) is 7.05 Å². The Balaban J connectivity index is 2.20. The summed E-state index contributed by atoms with van der Waals surface area (Å²) in [7, 11) is 1.60. The lowest BCUT2D eigenvalue weighted by molar-refractivity contribution is -0.384. The zero-order valence-corrected chi connectivity index (χ0v) is 10.1. The predicted octanol–water partition coefficient (Wildman–Crippen LogP) is 0.530. The smallest absolute Gasteiger partial charge is 0.287 e. The number of nitro groups is 1. The minimum atomic E-state index is -0.526. The Morgan fingerprint density at radius 1 is 1.61 bits per heavy atom. The molecule has 0 bridgehead atoms. The molecular weight excluding hydrogens is 238 g/mol. The Kier molecular flexibility index (Phi) is 3.33. The van der Waals surface area contributed by atoms with E-state index in [9.17, 15) is 20.0 Å². The molecule has 7 nitrogen and oxygen atoms in total. The van der Waals surface area contributed by atoms with Crippen molar-refractivity contribution in [2.75, 3.05) is 13.1 Å². The quantitative estimate of drug-likeness (QED) is 0.615. The van der Waals surface area contributed by atoms with Gasteiger partial charge < -0.3 is 14.6 Å². The summed E-state index contributed by atoms with van der Waals surface area (Å²) in [5.74, 6) is -0.274. The predicted molar refractivity (Wildman–Crippen MR) is 63.2 cm³/mol. The van der Waals surface area contributed by atoms with E-state index in [2.05, 4.69) is 0 Å². The highest BCUT2D eigenvalue weighted by atomic mass is 16.6. The third-order valence-corrected chi connectivity index (χ3v) is 3.10. The molecule has 1 aliphatic rings. The van der Waals surface area contributed by atoms with Crippen LogP contribution in [0.3, 0.4) is 0 Å². The van der Waals surface area contributed by atoms with Gasteiger partial charge in [0, 0.05) is 26.2 Å². The number of rotatable bonds is 2. The van der Waals surface area contributed by atoms with Crippen molar-refractivity contribution in [1.82, 2.24) is 9.47 Å². The van der Waals surface area contributed by atoms with Gasteiger partial charge in [-0.05, 0) is 12.8 Å². The maximum Gasteiger partial charge on any atom is 0.287 e. The van der Waals surface area contributed by atoms with Crippen molar-refractivity contribution in [3.8, 4) is 0 Å². The molecule has 0 saturated carbocycles. The summed E-state index contributed by atoms with van der Waals surface area (Å²) in [5.41, 5.74) is 0.175. The van der Waals surface area contributed by atoms with Crippen molar-refractivity contribution in [1.29, 1.82) is 0 Å². The highest BCUT2D eigenvalue weighted by Crippen LogP contribution is 2.19. The second-order valence-corrected chi connectivity index (χ2v) is 4.50. The molecule has 1 fully saturated rings. The molecule has 0 radical (unpaired) electrons. The number of piperidine rings is 1. The number of aliphatic hydroxyl groups is 1. The fraction of sp³-hybridized carbons (Fsp3) is 0.545. The lowest BCUT2D eigenvalue weighted by atomic mass is 10.1. The Labute approximate surface area is 104 Å². The van der Waals surface area contributed by atoms with Crippen molar-refractivity contribution in [3.63, 3.8) is 0 Å². The molecule has 18 heavy (non-hydrogen) atoms. The van der Waals surface area contributed by atoms with Crippen molar-refractivity contribution in [2.24, 2.45) is 7.05 Å². The second kappa shape index (κ2) is 4.77. The van der Waals surface area contributed by atoms with E-state index in [1.165, 1.54) is 21.7 Å². The molecule has 1 aliphatic heterocycles. The molecule has 1 N–H and O–H groups in total. The van der Waals surface area contributed by atoms with Gasteiger partial charge in [-0.2, -0.15) is 0 Å². The van der Waals surface area contributed by atoms with Gasteiger partial charge in [0.2, 0.25) is 0 Å². The van der Waals surface area contributed by atoms with Crippen LogP contribution in [0.25, 0.3) is 0 Å². The fourth-order valence-corrected chi connectivity index (χ4v) is 2.16. The van der Waals surface area contributed by atoms with E-state index in [0.29, 0.717) is 13.0 Å². The van der Waals surface area contributed by atoms with Crippen LogP contribution in [0.1, 0.15) is 23.3 Å². The number of β-amino-alcohol motifs (C(OH)–C–C–N with tert-alkyl or cyclic N) is 1. The summed E-state index contributed by atoms with van der Waals surface area (Å²) in [6.45, 7) is 0.868. The first-order valence-electron chi connectivity index (χ1n) is 5.77. The van der Waals surface area contributed by atoms with Crippen LogP contribution in [0.4, 0.5) is 5.69 Å². The number of carbonyl (C=O) groups excluding carboxylic acids is 1. The zero-order chi connectivity index (χ0) is 13.3. The van der Waals surface area contributed by atoms with Crippen LogP contribution in [-0.4, -0.2) is 44.6 Å². The molecule has 7 heteroatoms. The number of likely N-dealkylation sites (tertiary alicyclic amines) is 1. The van der Waals surface area contributed by atoms with Crippen LogP contribution in [0.15, 0.2) is 12.3 Å². The monoisotopic (exact) mass is 253 g/mol. The lowest BCUT2D eigenvalue weighted by Crippen LogP contribution is -2.42. The molecule has 0 aliphatic carbocycles. The van der Waals surface area contributed by atoms with Gasteiger partial charge >= 0.3 is 0 Å². The van der Waals surface area contributed by atoms with Crippen molar-refractivity contribution >= 4 is 11.6 Å². The number of hydrogen-bond donors (Lipinski definition) is 1. The summed E-state index contributed by atoms with van der Waals surface area (Å²) in [6, 6.07) is 1.27. The van der Waals surface area contributed by atoms with Crippen LogP contribution in [-0.2, 0) is 7.05 Å². The summed E-state index contributed by atoms with van der Waals surface area (Å²) >= 11 is 0. The van der Waals surface area contributed by atoms with Gasteiger partial charge in [-0.25, -0.2) is 0 Å². The maximum atomic E-state index is 12.2. The van der Waals surface area contributed by atoms with Gasteiger partial charge in [0.15, 0.2) is 0 Å². The number of hydrogen-bond acceptors (Lipinski definition) is 4. The molecule has 0 unspecified atom stereocenters. The Morgan fingerprint density at radius 2 is 2.33 bits per heavy atom. The number of nitrogens with zero attached hydrogens (tertiary/aromatic N) is 3. The van der Waals surface area contributed by atoms with E-state index in [0.717, 1.165) is 6.42 Å². The summed E-state index contributed by atoms with van der Waals surface area (Å²) in [5, 5.41) is 20.2. The van der Waals surface area contributed by atoms with Gasteiger partial charge in [-0.1, -0.05) is 0 Å². The molecule has 1 aromatic heterocycles. The van der Waals surface area contributed by atoms with Gasteiger partial charge in [0.1, 0.15) is 5.69 Å². The Bertz CT molecular complexity index is 483. The molecule has 0 aromatic carbocycles. The fourth-order valence-electron chi connectivity index (χ4n) is 2.16. The van der Waals surface area contributed by atoms with Crippen molar-refractivity contribution < 1.29 is 14.8 Å². The molecule has 0 spiro atoms. The normalized spacial score (nSPS) is 19.9. The van der Waals surface area contributed by atoms with Crippen molar-refractivity contribution in [3.05, 3.63) is 28.1 Å². The SMILES string of the molecule is Cn1cc([N+](=O)[O-])cc1C(=O)N1CCC[C@H](O)C1. The average molecular weight is 253 g/mol. The Morgan fingerprint density at radius 3 is 2.89 bits per heavy atom. The second-order valence-electron chi connectivity index (χ2n) is 4.50. The van der Waals surface area contributed by atoms with Gasteiger partial charge in [0.25, 0.3) is 11.6 Å². The van der Waals surface area contributed by atoms with Crippen LogP contribution in [0, 0.1) is 10.1 Å². The van der Waals surface area contributed by atoms with Crippen LogP contribution in [0.2, 0.25) is 0 Å². The lowest BCUT2D eigenvalue weighted by Gasteiger charge is -2.30.